The Morgan fingerprint density at radius 1 is 0.980 bits per heavy atom. The summed E-state index contributed by atoms with van der Waals surface area (Å²) in [4.78, 5) is 74.5. The summed E-state index contributed by atoms with van der Waals surface area (Å²) in [7, 11) is 0. The van der Waals surface area contributed by atoms with E-state index in [-0.39, 0.29) is 53.4 Å². The molecule has 2 aliphatic heterocycles. The molecule has 6 heterocycles. The van der Waals surface area contributed by atoms with Gasteiger partial charge in [0.2, 0.25) is 5.91 Å². The molecule has 3 atom stereocenters. The van der Waals surface area contributed by atoms with Gasteiger partial charge in [-0.3, -0.25) is 28.8 Å². The largest absolute Gasteiger partial charge is 0.327 e. The summed E-state index contributed by atoms with van der Waals surface area (Å²) >= 11 is 3.42. The van der Waals surface area contributed by atoms with Crippen molar-refractivity contribution in [1.82, 2.24) is 34.6 Å². The van der Waals surface area contributed by atoms with Crippen LogP contribution in [0.4, 0.5) is 0 Å². The van der Waals surface area contributed by atoms with Crippen LogP contribution >= 0.6 is 15.9 Å². The van der Waals surface area contributed by atoms with Gasteiger partial charge >= 0.3 is 0 Å². The number of carbonyl (C=O) groups excluding carboxylic acids is 4. The molecular weight excluding hydrogens is 686 g/mol. The number of halogens is 1. The Bertz CT molecular complexity index is 1990. The van der Waals surface area contributed by atoms with E-state index < -0.39 is 6.04 Å². The average molecular weight is 727 g/mol. The molecule has 7 rings (SSSR count). The van der Waals surface area contributed by atoms with Gasteiger partial charge in [-0.25, -0.2) is 15.0 Å². The molecular formula is C37H40BrN7O4. The smallest absolute Gasteiger partial charge is 0.245 e. The third-order valence-corrected chi connectivity index (χ3v) is 11.0. The van der Waals surface area contributed by atoms with E-state index in [9.17, 15) is 19.2 Å². The first-order valence-electron chi connectivity index (χ1n) is 17.2. The predicted molar refractivity (Wildman–Crippen MR) is 186 cm³/mol. The number of amides is 1. The molecule has 1 aliphatic carbocycles. The minimum atomic E-state index is -0.625. The number of ketones is 3. The van der Waals surface area contributed by atoms with Gasteiger partial charge in [0.1, 0.15) is 28.4 Å². The maximum Gasteiger partial charge on any atom is 0.245 e. The molecule has 49 heavy (non-hydrogen) atoms. The zero-order valence-electron chi connectivity index (χ0n) is 28.2. The molecule has 12 heteroatoms. The van der Waals surface area contributed by atoms with E-state index in [0.29, 0.717) is 64.8 Å². The van der Waals surface area contributed by atoms with Crippen LogP contribution in [0.5, 0.6) is 0 Å². The lowest BCUT2D eigenvalue weighted by Gasteiger charge is -2.27. The maximum absolute atomic E-state index is 14.5. The van der Waals surface area contributed by atoms with E-state index in [0.717, 1.165) is 48.9 Å². The second-order valence-corrected chi connectivity index (χ2v) is 14.8. The zero-order valence-corrected chi connectivity index (χ0v) is 29.8. The lowest BCUT2D eigenvalue weighted by atomic mass is 9.90. The van der Waals surface area contributed by atoms with Crippen LogP contribution in [-0.2, 0) is 33.8 Å². The van der Waals surface area contributed by atoms with Crippen LogP contribution in [-0.4, -0.2) is 70.0 Å². The summed E-state index contributed by atoms with van der Waals surface area (Å²) < 4.78 is 2.28. The number of aryl methyl sites for hydroxylation is 3. The van der Waals surface area contributed by atoms with Crippen molar-refractivity contribution in [2.45, 2.75) is 110 Å². The molecule has 0 spiro atoms. The van der Waals surface area contributed by atoms with E-state index in [1.165, 1.54) is 6.92 Å². The van der Waals surface area contributed by atoms with Crippen molar-refractivity contribution < 1.29 is 19.2 Å². The van der Waals surface area contributed by atoms with Gasteiger partial charge in [0.25, 0.3) is 0 Å². The molecule has 11 nitrogen and oxygen atoms in total. The number of rotatable bonds is 5. The van der Waals surface area contributed by atoms with Gasteiger partial charge in [0.15, 0.2) is 11.6 Å². The van der Waals surface area contributed by atoms with Gasteiger partial charge in [-0.2, -0.15) is 5.10 Å². The first kappa shape index (κ1) is 33.3. The lowest BCUT2D eigenvalue weighted by Crippen LogP contribution is -2.45. The summed E-state index contributed by atoms with van der Waals surface area (Å²) in [6.07, 6.45) is 10.7. The zero-order chi connectivity index (χ0) is 34.4. The van der Waals surface area contributed by atoms with Crippen molar-refractivity contribution in [3.63, 3.8) is 0 Å². The van der Waals surface area contributed by atoms with Crippen LogP contribution in [0.3, 0.4) is 0 Å². The van der Waals surface area contributed by atoms with Gasteiger partial charge in [-0.1, -0.05) is 18.9 Å². The Kier molecular flexibility index (Phi) is 9.02. The number of aromatic nitrogens is 6. The fraction of sp³-hybridized carbons (Fsp3) is 0.486. The summed E-state index contributed by atoms with van der Waals surface area (Å²) in [6, 6.07) is 4.87. The molecule has 0 N–H and O–H groups in total. The topological polar surface area (TPSA) is 141 Å². The van der Waals surface area contributed by atoms with Crippen molar-refractivity contribution in [2.24, 2.45) is 5.41 Å². The normalized spacial score (nSPS) is 23.0. The third-order valence-electron chi connectivity index (χ3n) is 10.6. The highest BCUT2D eigenvalue weighted by Gasteiger charge is 2.66. The van der Waals surface area contributed by atoms with E-state index >= 15 is 0 Å². The molecule has 1 saturated heterocycles. The molecule has 0 unspecified atom stereocenters. The number of hydrogen-bond donors (Lipinski definition) is 0. The average Bonchev–Trinajstić information content (AvgIpc) is 3.48. The number of Topliss-reactive ketones (excluding diaryl/α,β-unsaturated/α-hetero) is 3. The molecule has 3 aliphatic rings. The van der Waals surface area contributed by atoms with Crippen LogP contribution < -0.4 is 0 Å². The van der Waals surface area contributed by atoms with E-state index in [2.05, 4.69) is 30.9 Å². The van der Waals surface area contributed by atoms with Gasteiger partial charge in [-0.05, 0) is 91.4 Å². The summed E-state index contributed by atoms with van der Waals surface area (Å²) in [6.45, 7) is 5.10. The van der Waals surface area contributed by atoms with Crippen molar-refractivity contribution in [1.29, 1.82) is 0 Å². The van der Waals surface area contributed by atoms with E-state index in [4.69, 9.17) is 10.1 Å². The van der Waals surface area contributed by atoms with Crippen LogP contribution in [0.1, 0.15) is 98.0 Å². The molecule has 2 bridgehead atoms. The van der Waals surface area contributed by atoms with Crippen LogP contribution in [0.2, 0.25) is 0 Å². The number of carbonyl (C=O) groups is 4. The van der Waals surface area contributed by atoms with Crippen LogP contribution in [0.25, 0.3) is 22.2 Å². The minimum absolute atomic E-state index is 0.0589. The monoisotopic (exact) mass is 725 g/mol. The molecule has 0 aromatic carbocycles. The van der Waals surface area contributed by atoms with Crippen LogP contribution in [0, 0.1) is 19.3 Å². The number of nitrogens with zero attached hydrogens (tertiary/aromatic N) is 7. The Hall–Kier alpha value is -4.19. The quantitative estimate of drug-likeness (QED) is 0.182. The summed E-state index contributed by atoms with van der Waals surface area (Å²) in [5, 5.41) is 5.36. The van der Waals surface area contributed by atoms with Gasteiger partial charge in [0.05, 0.1) is 35.1 Å². The number of pyridine rings is 2. The highest BCUT2D eigenvalue weighted by atomic mass is 79.9. The van der Waals surface area contributed by atoms with E-state index in [1.54, 1.807) is 22.0 Å². The molecule has 2 fully saturated rings. The fourth-order valence-electron chi connectivity index (χ4n) is 7.83. The summed E-state index contributed by atoms with van der Waals surface area (Å²) in [5.74, 6) is 0.401. The van der Waals surface area contributed by atoms with Crippen molar-refractivity contribution in [3.8, 4) is 11.3 Å². The second-order valence-electron chi connectivity index (χ2n) is 14.0. The molecule has 0 radical (unpaired) electrons. The lowest BCUT2D eigenvalue weighted by molar-refractivity contribution is -0.139. The molecule has 254 valence electrons. The van der Waals surface area contributed by atoms with Crippen molar-refractivity contribution in [3.05, 3.63) is 63.7 Å². The highest BCUT2D eigenvalue weighted by Crippen LogP contribution is 2.62. The molecule has 4 aromatic heterocycles. The van der Waals surface area contributed by atoms with Gasteiger partial charge in [0, 0.05) is 49.2 Å². The SMILES string of the molecule is CC(=O)c1nn2c3c(nc(-c4cnc(C)nc4)cc13)CCCCCCC(=O)CC[C@@]13C[C@@H](C(=O)Cc4nc(Br)ccc4C)N(C(=O)C2)[C@@H]1C3. The first-order valence-corrected chi connectivity index (χ1v) is 18.0. The Morgan fingerprint density at radius 2 is 1.73 bits per heavy atom. The van der Waals surface area contributed by atoms with Gasteiger partial charge in [-0.15, -0.1) is 0 Å². The van der Waals surface area contributed by atoms with Crippen molar-refractivity contribution >= 4 is 50.1 Å². The Morgan fingerprint density at radius 3 is 2.49 bits per heavy atom. The first-order chi connectivity index (χ1) is 23.5. The maximum atomic E-state index is 14.5. The van der Waals surface area contributed by atoms with Gasteiger partial charge < -0.3 is 4.90 Å². The molecule has 1 saturated carbocycles. The number of piperidine rings is 1. The molecule has 4 aromatic rings. The highest BCUT2D eigenvalue weighted by molar-refractivity contribution is 9.10. The van der Waals surface area contributed by atoms with Crippen molar-refractivity contribution in [2.75, 3.05) is 0 Å². The second kappa shape index (κ2) is 13.3. The number of hydrogen-bond acceptors (Lipinski definition) is 9. The van der Waals surface area contributed by atoms with Crippen LogP contribution in [0.15, 0.2) is 35.2 Å². The minimum Gasteiger partial charge on any atom is -0.327 e. The Labute approximate surface area is 293 Å². The predicted octanol–water partition coefficient (Wildman–Crippen LogP) is 5.89. The third kappa shape index (κ3) is 6.59. The standard InChI is InChI=1S/C37H40BrN7O4/c1-21-10-11-33(38)42-28(21)15-31(48)30-16-37-13-12-25(47)8-6-4-5-7-9-27-36-26(14-29(41-27)24-18-39-23(3)40-19-24)35(22(2)46)43-44(36)20-34(49)45(30)32(37)17-37/h10-11,14,18-19,30,32H,4-9,12-13,15-17,20H2,1-3H3/t30-,32+,37-/m0/s1. The van der Waals surface area contributed by atoms with E-state index in [1.807, 2.05) is 32.0 Å². The fourth-order valence-corrected chi connectivity index (χ4v) is 8.18. The Balaban J connectivity index is 1.29. The molecule has 1 amide bonds. The summed E-state index contributed by atoms with van der Waals surface area (Å²) in [5.41, 5.74) is 4.39.